The fourth-order valence-corrected chi connectivity index (χ4v) is 9.85. The summed E-state index contributed by atoms with van der Waals surface area (Å²) in [5.74, 6) is 0. The Morgan fingerprint density at radius 2 is 1.06 bits per heavy atom. The third kappa shape index (κ3) is 4.95. The second kappa shape index (κ2) is 10.8. The summed E-state index contributed by atoms with van der Waals surface area (Å²) >= 11 is -1.49. The third-order valence-electron chi connectivity index (χ3n) is 5.67. The summed E-state index contributed by atoms with van der Waals surface area (Å²) in [6.45, 7) is -1.22. The van der Waals surface area contributed by atoms with Crippen molar-refractivity contribution in [2.24, 2.45) is 0 Å². The standard InChI is InChI=1S/C18H22N4O12Se2/c23-3-5-9(25)11(27)15(33-5)21-1-7(13(29)19-17(21)31)35-36-8-2-22(18(32)20-14(8)30)16-12(28)10(26)6(4-24)34-16/h1-2,5-6,9-12,15-16,23-28H,3-4H2,(H,19,29,31)(H,20,30,32)/t5-,6-,9-,10-,11-,12-,15-,16-/m1/s1. The predicted octanol–water partition coefficient (Wildman–Crippen LogP) is -8.12. The van der Waals surface area contributed by atoms with Gasteiger partial charge in [0.05, 0.1) is 0 Å². The van der Waals surface area contributed by atoms with Gasteiger partial charge in [-0.15, -0.1) is 0 Å². The van der Waals surface area contributed by atoms with Gasteiger partial charge in [-0.05, 0) is 0 Å². The molecule has 0 aliphatic carbocycles. The van der Waals surface area contributed by atoms with Crippen LogP contribution in [0.2, 0.25) is 0 Å². The maximum absolute atomic E-state index is 12.4. The van der Waals surface area contributed by atoms with Crippen LogP contribution in [0.25, 0.3) is 0 Å². The Hall–Kier alpha value is -1.92. The van der Waals surface area contributed by atoms with E-state index in [0.29, 0.717) is 0 Å². The van der Waals surface area contributed by atoms with Crippen LogP contribution in [0.5, 0.6) is 0 Å². The van der Waals surface area contributed by atoms with E-state index in [1.807, 2.05) is 0 Å². The molecule has 16 nitrogen and oxygen atoms in total. The van der Waals surface area contributed by atoms with Gasteiger partial charge in [0.1, 0.15) is 0 Å². The van der Waals surface area contributed by atoms with Crippen LogP contribution in [0.15, 0.2) is 31.6 Å². The molecule has 0 spiro atoms. The number of H-pyrrole nitrogens is 2. The first-order valence-corrected chi connectivity index (χ1v) is 16.4. The van der Waals surface area contributed by atoms with Crippen LogP contribution in [0.1, 0.15) is 12.5 Å². The summed E-state index contributed by atoms with van der Waals surface area (Å²) in [6, 6.07) is 0. The van der Waals surface area contributed by atoms with Crippen LogP contribution >= 0.6 is 0 Å². The van der Waals surface area contributed by atoms with Gasteiger partial charge in [0.25, 0.3) is 0 Å². The Morgan fingerprint density at radius 3 is 1.36 bits per heavy atom. The normalized spacial score (nSPS) is 32.3. The molecule has 0 aromatic carbocycles. The SMILES string of the molecule is O=c1[nH]c(=O)n([C@@H]2O[C@H](CO)[C@@H](O)[C@H]2O)cc1[Se][Se]c1cn([C@@H]2O[C@H](CO)[C@@H](O)[C@H]2O)c(=O)[nH]c1=O. The van der Waals surface area contributed by atoms with Gasteiger partial charge in [0.2, 0.25) is 0 Å². The molecule has 2 aromatic heterocycles. The van der Waals surface area contributed by atoms with E-state index in [2.05, 4.69) is 9.97 Å². The van der Waals surface area contributed by atoms with Crippen LogP contribution < -0.4 is 31.4 Å². The summed E-state index contributed by atoms with van der Waals surface area (Å²) in [5.41, 5.74) is -3.31. The van der Waals surface area contributed by atoms with Gasteiger partial charge in [-0.1, -0.05) is 0 Å². The quantitative estimate of drug-likeness (QED) is 0.131. The molecule has 2 aromatic rings. The van der Waals surface area contributed by atoms with Gasteiger partial charge >= 0.3 is 211 Å². The Morgan fingerprint density at radius 1 is 0.694 bits per heavy atom. The zero-order valence-corrected chi connectivity index (χ0v) is 21.5. The van der Waals surface area contributed by atoms with Crippen LogP contribution in [-0.4, -0.2) is 126 Å². The molecule has 0 bridgehead atoms. The molecule has 18 heteroatoms. The molecule has 198 valence electrons. The number of aliphatic hydroxyl groups excluding tert-OH is 6. The van der Waals surface area contributed by atoms with Crippen molar-refractivity contribution in [2.45, 2.75) is 49.1 Å². The number of aromatic amines is 2. The van der Waals surface area contributed by atoms with Gasteiger partial charge in [-0.2, -0.15) is 0 Å². The molecule has 8 atom stereocenters. The summed E-state index contributed by atoms with van der Waals surface area (Å²) in [5, 5.41) is 58.8. The van der Waals surface area contributed by atoms with Crippen molar-refractivity contribution in [3.8, 4) is 0 Å². The van der Waals surface area contributed by atoms with Gasteiger partial charge in [-0.25, -0.2) is 0 Å². The zero-order chi connectivity index (χ0) is 26.3. The van der Waals surface area contributed by atoms with Crippen molar-refractivity contribution in [3.05, 3.63) is 54.1 Å². The first-order chi connectivity index (χ1) is 17.1. The summed E-state index contributed by atoms with van der Waals surface area (Å²) in [4.78, 5) is 53.5. The Balaban J connectivity index is 1.60. The predicted molar refractivity (Wildman–Crippen MR) is 119 cm³/mol. The molecule has 4 rings (SSSR count). The number of hydrogen-bond acceptors (Lipinski definition) is 12. The number of ether oxygens (including phenoxy) is 2. The molecule has 2 fully saturated rings. The number of aliphatic hydroxyl groups is 6. The second-order valence-electron chi connectivity index (χ2n) is 7.94. The van der Waals surface area contributed by atoms with E-state index >= 15 is 0 Å². The van der Waals surface area contributed by atoms with Crippen molar-refractivity contribution in [1.82, 2.24) is 19.1 Å². The third-order valence-corrected chi connectivity index (χ3v) is 12.6. The number of nitrogens with one attached hydrogen (secondary N) is 2. The molecule has 0 amide bonds. The van der Waals surface area contributed by atoms with E-state index in [1.54, 1.807) is 0 Å². The molecule has 0 saturated carbocycles. The summed E-state index contributed by atoms with van der Waals surface area (Å²) in [7, 11) is 0. The van der Waals surface area contributed by atoms with Crippen molar-refractivity contribution < 1.29 is 40.1 Å². The molecule has 0 radical (unpaired) electrons. The average Bonchev–Trinajstić information content (AvgIpc) is 3.29. The zero-order valence-electron chi connectivity index (χ0n) is 18.0. The summed E-state index contributed by atoms with van der Waals surface area (Å²) in [6.07, 6.45) is -8.79. The van der Waals surface area contributed by atoms with E-state index in [0.717, 1.165) is 21.5 Å². The van der Waals surface area contributed by atoms with E-state index in [4.69, 9.17) is 9.47 Å². The van der Waals surface area contributed by atoms with Crippen LogP contribution in [0.4, 0.5) is 0 Å². The molecule has 4 heterocycles. The van der Waals surface area contributed by atoms with Crippen molar-refractivity contribution >= 4 is 35.2 Å². The van der Waals surface area contributed by atoms with Crippen LogP contribution in [0, 0.1) is 0 Å². The van der Waals surface area contributed by atoms with E-state index in [1.165, 1.54) is 0 Å². The van der Waals surface area contributed by atoms with Gasteiger partial charge in [-0.3, -0.25) is 0 Å². The molecular weight excluding hydrogens is 622 g/mol. The molecular formula is C18H22N4O12Se2. The number of nitrogens with zero attached hydrogens (tertiary/aromatic N) is 2. The maximum atomic E-state index is 12.4. The number of hydrogen-bond donors (Lipinski definition) is 8. The van der Waals surface area contributed by atoms with Gasteiger partial charge in [0.15, 0.2) is 0 Å². The topological polar surface area (TPSA) is 250 Å². The van der Waals surface area contributed by atoms with Gasteiger partial charge < -0.3 is 0 Å². The Bertz CT molecular complexity index is 1240. The minimum absolute atomic E-state index is 0.0879. The monoisotopic (exact) mass is 646 g/mol. The number of rotatable bonds is 7. The molecule has 0 unspecified atom stereocenters. The van der Waals surface area contributed by atoms with E-state index in [9.17, 15) is 49.8 Å². The van der Waals surface area contributed by atoms with E-state index < -0.39 is 111 Å². The average molecular weight is 644 g/mol. The van der Waals surface area contributed by atoms with Gasteiger partial charge in [0, 0.05) is 0 Å². The fraction of sp³-hybridized carbons (Fsp3) is 0.556. The summed E-state index contributed by atoms with van der Waals surface area (Å²) < 4.78 is 12.6. The molecule has 8 N–H and O–H groups in total. The van der Waals surface area contributed by atoms with Crippen molar-refractivity contribution in [1.29, 1.82) is 0 Å². The van der Waals surface area contributed by atoms with Crippen LogP contribution in [-0.2, 0) is 9.47 Å². The minimum atomic E-state index is -1.56. The molecule has 2 aliphatic rings. The first-order valence-electron chi connectivity index (χ1n) is 10.4. The fourth-order valence-electron chi connectivity index (χ4n) is 3.74. The van der Waals surface area contributed by atoms with Crippen molar-refractivity contribution in [2.75, 3.05) is 13.2 Å². The van der Waals surface area contributed by atoms with E-state index in [-0.39, 0.29) is 8.92 Å². The first kappa shape index (κ1) is 27.1. The Kier molecular flexibility index (Phi) is 8.16. The molecule has 2 aliphatic heterocycles. The second-order valence-corrected chi connectivity index (χ2v) is 14.1. The number of aromatic nitrogens is 4. The Labute approximate surface area is 210 Å². The van der Waals surface area contributed by atoms with Crippen molar-refractivity contribution in [3.63, 3.8) is 0 Å². The molecule has 36 heavy (non-hydrogen) atoms. The van der Waals surface area contributed by atoms with Crippen LogP contribution in [0.3, 0.4) is 0 Å². The molecule has 2 saturated heterocycles.